The standard InChI is InChI=1S/C25H25FN4O3S/c1-15-22-18(16(13-31)12-27-15)11-19-24(33-22)28-23(17-7-3-4-8-20(17)26)29-25(19)34-14-21(32)30-9-5-2-6-10-30/h3-4,7-8,12,31H,2,5-6,9-11,13-14H2,1H3. The molecule has 1 saturated heterocycles. The third-order valence-corrected chi connectivity index (χ3v) is 7.22. The molecule has 1 fully saturated rings. The number of hydrogen-bond acceptors (Lipinski definition) is 7. The number of aromatic nitrogens is 3. The van der Waals surface area contributed by atoms with E-state index in [1.165, 1.54) is 17.8 Å². The number of pyridine rings is 1. The van der Waals surface area contributed by atoms with Crippen molar-refractivity contribution in [3.63, 3.8) is 0 Å². The van der Waals surface area contributed by atoms with E-state index in [9.17, 15) is 14.3 Å². The monoisotopic (exact) mass is 480 g/mol. The molecular formula is C25H25FN4O3S. The normalized spacial score (nSPS) is 14.9. The first-order valence-corrected chi connectivity index (χ1v) is 12.4. The van der Waals surface area contributed by atoms with Crippen molar-refractivity contribution in [2.24, 2.45) is 0 Å². The van der Waals surface area contributed by atoms with E-state index in [1.54, 1.807) is 24.4 Å². The number of halogens is 1. The van der Waals surface area contributed by atoms with Crippen molar-refractivity contribution in [1.82, 2.24) is 19.9 Å². The van der Waals surface area contributed by atoms with Crippen LogP contribution in [-0.2, 0) is 17.8 Å². The molecule has 34 heavy (non-hydrogen) atoms. The highest BCUT2D eigenvalue weighted by Crippen LogP contribution is 2.42. The lowest BCUT2D eigenvalue weighted by molar-refractivity contribution is -0.129. The van der Waals surface area contributed by atoms with E-state index < -0.39 is 5.82 Å². The molecule has 0 aliphatic carbocycles. The first-order valence-electron chi connectivity index (χ1n) is 11.4. The van der Waals surface area contributed by atoms with E-state index >= 15 is 0 Å². The lowest BCUT2D eigenvalue weighted by Crippen LogP contribution is -2.36. The molecule has 5 rings (SSSR count). The number of piperidine rings is 1. The lowest BCUT2D eigenvalue weighted by Gasteiger charge is -2.27. The van der Waals surface area contributed by atoms with Gasteiger partial charge in [-0.1, -0.05) is 23.9 Å². The molecule has 1 N–H and O–H groups in total. The largest absolute Gasteiger partial charge is 0.436 e. The lowest BCUT2D eigenvalue weighted by atomic mass is 9.99. The number of amides is 1. The average Bonchev–Trinajstić information content (AvgIpc) is 2.87. The van der Waals surface area contributed by atoms with Crippen molar-refractivity contribution in [2.45, 2.75) is 44.2 Å². The molecule has 176 valence electrons. The van der Waals surface area contributed by atoms with Crippen LogP contribution in [0.1, 0.15) is 41.6 Å². The number of thioether (sulfide) groups is 1. The zero-order valence-electron chi connectivity index (χ0n) is 18.9. The maximum atomic E-state index is 14.6. The number of likely N-dealkylation sites (tertiary alicyclic amines) is 1. The molecule has 0 bridgehead atoms. The van der Waals surface area contributed by atoms with Gasteiger partial charge in [-0.15, -0.1) is 0 Å². The van der Waals surface area contributed by atoms with Crippen LogP contribution in [0.3, 0.4) is 0 Å². The predicted octanol–water partition coefficient (Wildman–Crippen LogP) is 4.28. The Balaban J connectivity index is 1.53. The Bertz CT molecular complexity index is 1250. The van der Waals surface area contributed by atoms with Gasteiger partial charge < -0.3 is 14.7 Å². The maximum Gasteiger partial charge on any atom is 0.232 e. The van der Waals surface area contributed by atoms with Crippen molar-refractivity contribution in [3.8, 4) is 23.0 Å². The number of aliphatic hydroxyl groups excluding tert-OH is 1. The zero-order valence-corrected chi connectivity index (χ0v) is 19.7. The third-order valence-electron chi connectivity index (χ3n) is 6.21. The number of nitrogens with zero attached hydrogens (tertiary/aromatic N) is 4. The second-order valence-electron chi connectivity index (χ2n) is 8.46. The highest BCUT2D eigenvalue weighted by Gasteiger charge is 2.29. The van der Waals surface area contributed by atoms with Crippen LogP contribution in [-0.4, -0.2) is 49.7 Å². The van der Waals surface area contributed by atoms with Crippen molar-refractivity contribution in [1.29, 1.82) is 0 Å². The molecule has 0 saturated carbocycles. The smallest absolute Gasteiger partial charge is 0.232 e. The Hall–Kier alpha value is -3.04. The summed E-state index contributed by atoms with van der Waals surface area (Å²) in [5.74, 6) is 0.954. The van der Waals surface area contributed by atoms with Crippen LogP contribution in [0.15, 0.2) is 35.5 Å². The number of hydrogen-bond donors (Lipinski definition) is 1. The Morgan fingerprint density at radius 2 is 1.97 bits per heavy atom. The summed E-state index contributed by atoms with van der Waals surface area (Å²) in [4.78, 5) is 28.3. The number of benzene rings is 1. The van der Waals surface area contributed by atoms with Gasteiger partial charge in [0.1, 0.15) is 10.8 Å². The molecule has 0 radical (unpaired) electrons. The highest BCUT2D eigenvalue weighted by atomic mass is 32.2. The van der Waals surface area contributed by atoms with E-state index in [4.69, 9.17) is 4.74 Å². The highest BCUT2D eigenvalue weighted by molar-refractivity contribution is 7.99. The Labute approximate surface area is 201 Å². The Morgan fingerprint density at radius 3 is 2.74 bits per heavy atom. The summed E-state index contributed by atoms with van der Waals surface area (Å²) in [6.45, 7) is 3.23. The first kappa shape index (κ1) is 22.7. The van der Waals surface area contributed by atoms with Crippen LogP contribution in [0.25, 0.3) is 11.4 Å². The number of aliphatic hydroxyl groups is 1. The van der Waals surface area contributed by atoms with Gasteiger partial charge in [0.05, 0.1) is 29.2 Å². The average molecular weight is 481 g/mol. The zero-order chi connectivity index (χ0) is 23.7. The summed E-state index contributed by atoms with van der Waals surface area (Å²) in [6.07, 6.45) is 5.28. The summed E-state index contributed by atoms with van der Waals surface area (Å²) < 4.78 is 20.7. The van der Waals surface area contributed by atoms with Gasteiger partial charge in [-0.25, -0.2) is 9.37 Å². The maximum absolute atomic E-state index is 14.6. The minimum atomic E-state index is -0.431. The molecule has 1 amide bonds. The predicted molar refractivity (Wildman–Crippen MR) is 126 cm³/mol. The summed E-state index contributed by atoms with van der Waals surface area (Å²) >= 11 is 1.32. The molecule has 2 aromatic heterocycles. The Morgan fingerprint density at radius 1 is 1.18 bits per heavy atom. The van der Waals surface area contributed by atoms with Crippen molar-refractivity contribution in [3.05, 3.63) is 58.7 Å². The van der Waals surface area contributed by atoms with Gasteiger partial charge in [0.15, 0.2) is 11.6 Å². The van der Waals surface area contributed by atoms with Gasteiger partial charge in [-0.05, 0) is 38.3 Å². The number of rotatable bonds is 5. The van der Waals surface area contributed by atoms with Crippen LogP contribution >= 0.6 is 11.8 Å². The second-order valence-corrected chi connectivity index (χ2v) is 9.42. The molecule has 0 unspecified atom stereocenters. The number of carbonyl (C=O) groups excluding carboxylic acids is 1. The molecule has 0 spiro atoms. The minimum Gasteiger partial charge on any atom is -0.436 e. The summed E-state index contributed by atoms with van der Waals surface area (Å²) in [7, 11) is 0. The molecule has 0 atom stereocenters. The molecule has 2 aliphatic heterocycles. The molecule has 9 heteroatoms. The fourth-order valence-electron chi connectivity index (χ4n) is 4.34. The van der Waals surface area contributed by atoms with E-state index in [1.807, 2.05) is 11.8 Å². The van der Waals surface area contributed by atoms with Gasteiger partial charge in [0.25, 0.3) is 0 Å². The van der Waals surface area contributed by atoms with E-state index in [0.717, 1.165) is 43.5 Å². The van der Waals surface area contributed by atoms with Crippen LogP contribution in [0, 0.1) is 12.7 Å². The molecule has 4 heterocycles. The van der Waals surface area contributed by atoms with Gasteiger partial charge >= 0.3 is 0 Å². The summed E-state index contributed by atoms with van der Waals surface area (Å²) in [5.41, 5.74) is 3.17. The summed E-state index contributed by atoms with van der Waals surface area (Å²) in [6, 6.07) is 6.33. The van der Waals surface area contributed by atoms with Crippen LogP contribution in [0.4, 0.5) is 4.39 Å². The van der Waals surface area contributed by atoms with Crippen molar-refractivity contribution in [2.75, 3.05) is 18.8 Å². The van der Waals surface area contributed by atoms with Gasteiger partial charge in [-0.2, -0.15) is 4.98 Å². The molecule has 3 aromatic rings. The van der Waals surface area contributed by atoms with Crippen molar-refractivity contribution >= 4 is 17.7 Å². The van der Waals surface area contributed by atoms with E-state index in [2.05, 4.69) is 15.0 Å². The Kier molecular flexibility index (Phi) is 6.47. The molecule has 7 nitrogen and oxygen atoms in total. The minimum absolute atomic E-state index is 0.0673. The molecule has 2 aliphatic rings. The second kappa shape index (κ2) is 9.68. The SMILES string of the molecule is Cc1ncc(CO)c2c1Oc1nc(-c3ccccc3F)nc(SCC(=O)N3CCCCC3)c1C2. The fourth-order valence-corrected chi connectivity index (χ4v) is 5.27. The van der Waals surface area contributed by atoms with E-state index in [-0.39, 0.29) is 29.7 Å². The summed E-state index contributed by atoms with van der Waals surface area (Å²) in [5, 5.41) is 10.4. The van der Waals surface area contributed by atoms with Gasteiger partial charge in [-0.3, -0.25) is 9.78 Å². The third kappa shape index (κ3) is 4.37. The van der Waals surface area contributed by atoms with E-state index in [0.29, 0.717) is 34.3 Å². The van der Waals surface area contributed by atoms with Crippen LogP contribution in [0.2, 0.25) is 0 Å². The quantitative estimate of drug-likeness (QED) is 0.337. The van der Waals surface area contributed by atoms with Crippen LogP contribution in [0.5, 0.6) is 11.6 Å². The topological polar surface area (TPSA) is 88.4 Å². The number of aryl methyl sites for hydroxylation is 1. The van der Waals surface area contributed by atoms with Crippen LogP contribution < -0.4 is 4.74 Å². The first-order chi connectivity index (χ1) is 16.5. The fraction of sp³-hybridized carbons (Fsp3) is 0.360. The number of fused-ring (bicyclic) bond motifs is 2. The van der Waals surface area contributed by atoms with Gasteiger partial charge in [0, 0.05) is 36.8 Å². The molecule has 1 aromatic carbocycles. The molecular weight excluding hydrogens is 455 g/mol. The number of carbonyl (C=O) groups is 1. The van der Waals surface area contributed by atoms with Crippen molar-refractivity contribution < 1.29 is 19.0 Å². The van der Waals surface area contributed by atoms with Gasteiger partial charge in [0.2, 0.25) is 11.8 Å². The number of ether oxygens (including phenoxy) is 1.